The molecule has 3 rings (SSSR count). The molecule has 0 aromatic heterocycles. The molecule has 1 aliphatic carbocycles. The molecule has 1 saturated carbocycles. The van der Waals surface area contributed by atoms with Crippen molar-refractivity contribution in [1.82, 2.24) is 0 Å². The van der Waals surface area contributed by atoms with E-state index < -0.39 is 58.7 Å². The molecule has 1 N–H and O–H groups in total. The van der Waals surface area contributed by atoms with Gasteiger partial charge in [0.25, 0.3) is 5.91 Å². The zero-order valence-corrected chi connectivity index (χ0v) is 13.6. The Labute approximate surface area is 149 Å². The van der Waals surface area contributed by atoms with E-state index in [1.165, 1.54) is 0 Å². The second-order valence-electron chi connectivity index (χ2n) is 6.02. The van der Waals surface area contributed by atoms with Crippen LogP contribution in [0.25, 0.3) is 0 Å². The molecule has 0 unspecified atom stereocenters. The zero-order chi connectivity index (χ0) is 19.8. The van der Waals surface area contributed by atoms with Gasteiger partial charge >= 0.3 is 5.97 Å². The van der Waals surface area contributed by atoms with Crippen molar-refractivity contribution in [3.05, 3.63) is 65.0 Å². The first-order valence-corrected chi connectivity index (χ1v) is 7.82. The van der Waals surface area contributed by atoms with Crippen LogP contribution in [0.1, 0.15) is 18.4 Å². The number of ether oxygens (including phenoxy) is 1. The third kappa shape index (κ3) is 3.36. The van der Waals surface area contributed by atoms with Crippen LogP contribution >= 0.6 is 0 Å². The van der Waals surface area contributed by atoms with Gasteiger partial charge in [0.2, 0.25) is 5.82 Å². The van der Waals surface area contributed by atoms with Crippen LogP contribution in [-0.2, 0) is 19.7 Å². The van der Waals surface area contributed by atoms with E-state index in [4.69, 9.17) is 4.74 Å². The molecule has 9 heteroatoms. The number of nitrogens with one attached hydrogen (secondary N) is 1. The number of carbonyl (C=O) groups excluding carboxylic acids is 2. The Morgan fingerprint density at radius 1 is 0.889 bits per heavy atom. The lowest BCUT2D eigenvalue weighted by atomic mass is 9.96. The topological polar surface area (TPSA) is 55.4 Å². The summed E-state index contributed by atoms with van der Waals surface area (Å²) in [5.41, 5.74) is -1.68. The van der Waals surface area contributed by atoms with Gasteiger partial charge in [-0.15, -0.1) is 0 Å². The van der Waals surface area contributed by atoms with Crippen LogP contribution in [0, 0.1) is 29.1 Å². The summed E-state index contributed by atoms with van der Waals surface area (Å²) >= 11 is 0. The van der Waals surface area contributed by atoms with Crippen LogP contribution in [0.2, 0.25) is 0 Å². The molecule has 0 heterocycles. The molecule has 0 radical (unpaired) electrons. The summed E-state index contributed by atoms with van der Waals surface area (Å²) in [6, 6.07) is 8.69. The fraction of sp³-hybridized carbons (Fsp3) is 0.222. The molecular formula is C18H12F5NO3. The minimum Gasteiger partial charge on any atom is -0.455 e. The molecule has 2 aromatic rings. The number of anilines is 1. The minimum atomic E-state index is -2.34. The summed E-state index contributed by atoms with van der Waals surface area (Å²) < 4.78 is 71.2. The van der Waals surface area contributed by atoms with Gasteiger partial charge in [-0.2, -0.15) is 0 Å². The molecule has 1 amide bonds. The molecular weight excluding hydrogens is 373 g/mol. The van der Waals surface area contributed by atoms with Crippen molar-refractivity contribution in [3.8, 4) is 0 Å². The van der Waals surface area contributed by atoms with Gasteiger partial charge in [-0.25, -0.2) is 22.0 Å². The molecule has 0 bridgehead atoms. The Balaban J connectivity index is 1.67. The Morgan fingerprint density at radius 2 is 1.41 bits per heavy atom. The lowest BCUT2D eigenvalue weighted by molar-refractivity contribution is -0.150. The average Bonchev–Trinajstić information content (AvgIpc) is 3.49. The zero-order valence-electron chi connectivity index (χ0n) is 13.6. The van der Waals surface area contributed by atoms with E-state index in [1.54, 1.807) is 35.6 Å². The van der Waals surface area contributed by atoms with E-state index in [1.807, 2.05) is 0 Å². The third-order valence-electron chi connectivity index (χ3n) is 4.28. The number of esters is 1. The van der Waals surface area contributed by atoms with Crippen molar-refractivity contribution in [3.63, 3.8) is 0 Å². The Morgan fingerprint density at radius 3 is 1.93 bits per heavy atom. The fourth-order valence-electron chi connectivity index (χ4n) is 2.65. The molecule has 142 valence electrons. The highest BCUT2D eigenvalue weighted by Crippen LogP contribution is 2.49. The van der Waals surface area contributed by atoms with Crippen molar-refractivity contribution in [2.45, 2.75) is 18.3 Å². The average molecular weight is 385 g/mol. The van der Waals surface area contributed by atoms with Gasteiger partial charge in [0.15, 0.2) is 29.9 Å². The van der Waals surface area contributed by atoms with Crippen LogP contribution in [0.5, 0.6) is 0 Å². The standard InChI is InChI=1S/C18H12F5NO3/c19-11-12(20)14(22)16(15(23)13(11)21)24-10(25)8-27-17(26)18(6-7-18)9-4-2-1-3-5-9/h1-5H,6-8H2,(H,24,25). The highest BCUT2D eigenvalue weighted by Gasteiger charge is 2.52. The van der Waals surface area contributed by atoms with Gasteiger partial charge < -0.3 is 10.1 Å². The monoisotopic (exact) mass is 385 g/mol. The van der Waals surface area contributed by atoms with Crippen LogP contribution in [0.3, 0.4) is 0 Å². The summed E-state index contributed by atoms with van der Waals surface area (Å²) in [5, 5.41) is 1.54. The Kier molecular flexibility index (Phi) is 4.86. The maximum absolute atomic E-state index is 13.5. The predicted octanol–water partition coefficient (Wildman–Crippen LogP) is 3.60. The summed E-state index contributed by atoms with van der Waals surface area (Å²) in [5.74, 6) is -13.0. The second kappa shape index (κ2) is 6.98. The summed E-state index contributed by atoms with van der Waals surface area (Å²) in [6.07, 6.45) is 1.02. The van der Waals surface area contributed by atoms with Gasteiger partial charge in [-0.1, -0.05) is 30.3 Å². The molecule has 2 aromatic carbocycles. The van der Waals surface area contributed by atoms with Crippen molar-refractivity contribution in [2.75, 3.05) is 11.9 Å². The van der Waals surface area contributed by atoms with E-state index >= 15 is 0 Å². The molecule has 0 atom stereocenters. The molecule has 4 nitrogen and oxygen atoms in total. The number of rotatable bonds is 5. The highest BCUT2D eigenvalue weighted by atomic mass is 19.2. The predicted molar refractivity (Wildman–Crippen MR) is 83.2 cm³/mol. The van der Waals surface area contributed by atoms with Gasteiger partial charge in [0, 0.05) is 0 Å². The van der Waals surface area contributed by atoms with E-state index in [0.29, 0.717) is 18.4 Å². The second-order valence-corrected chi connectivity index (χ2v) is 6.02. The lowest BCUT2D eigenvalue weighted by Crippen LogP contribution is -2.28. The summed E-state index contributed by atoms with van der Waals surface area (Å²) in [6.45, 7) is -0.938. The molecule has 0 aliphatic heterocycles. The molecule has 0 saturated heterocycles. The maximum atomic E-state index is 13.5. The van der Waals surface area contributed by atoms with E-state index in [0.717, 1.165) is 0 Å². The number of carbonyl (C=O) groups is 2. The van der Waals surface area contributed by atoms with Crippen LogP contribution in [-0.4, -0.2) is 18.5 Å². The molecule has 27 heavy (non-hydrogen) atoms. The molecule has 1 aliphatic rings. The van der Waals surface area contributed by atoms with E-state index in [-0.39, 0.29) is 0 Å². The van der Waals surface area contributed by atoms with E-state index in [2.05, 4.69) is 0 Å². The number of hydrogen-bond acceptors (Lipinski definition) is 3. The SMILES string of the molecule is O=C(COC(=O)C1(c2ccccc2)CC1)Nc1c(F)c(F)c(F)c(F)c1F. The summed E-state index contributed by atoms with van der Waals surface area (Å²) in [7, 11) is 0. The van der Waals surface area contributed by atoms with Crippen LogP contribution in [0.15, 0.2) is 30.3 Å². The van der Waals surface area contributed by atoms with E-state index in [9.17, 15) is 31.5 Å². The molecule has 1 fully saturated rings. The third-order valence-corrected chi connectivity index (χ3v) is 4.28. The van der Waals surface area contributed by atoms with Crippen molar-refractivity contribution >= 4 is 17.6 Å². The van der Waals surface area contributed by atoms with Gasteiger partial charge in [-0.05, 0) is 18.4 Å². The minimum absolute atomic E-state index is 0.509. The normalized spacial score (nSPS) is 14.6. The van der Waals surface area contributed by atoms with Gasteiger partial charge in [0.05, 0.1) is 5.41 Å². The lowest BCUT2D eigenvalue weighted by Gasteiger charge is -2.15. The smallest absolute Gasteiger partial charge is 0.317 e. The fourth-order valence-corrected chi connectivity index (χ4v) is 2.65. The number of hydrogen-bond donors (Lipinski definition) is 1. The first kappa shape index (κ1) is 18.8. The van der Waals surface area contributed by atoms with Crippen LogP contribution in [0.4, 0.5) is 27.6 Å². The van der Waals surface area contributed by atoms with Crippen molar-refractivity contribution in [1.29, 1.82) is 0 Å². The van der Waals surface area contributed by atoms with Crippen molar-refractivity contribution < 1.29 is 36.3 Å². The van der Waals surface area contributed by atoms with Gasteiger partial charge in [-0.3, -0.25) is 9.59 Å². The first-order chi connectivity index (χ1) is 12.8. The van der Waals surface area contributed by atoms with Crippen molar-refractivity contribution in [2.24, 2.45) is 0 Å². The Hall–Kier alpha value is -2.97. The molecule has 0 spiro atoms. The summed E-state index contributed by atoms with van der Waals surface area (Å²) in [4.78, 5) is 24.0. The maximum Gasteiger partial charge on any atom is 0.317 e. The number of benzene rings is 2. The van der Waals surface area contributed by atoms with Crippen LogP contribution < -0.4 is 5.32 Å². The highest BCUT2D eigenvalue weighted by molar-refractivity contribution is 5.94. The van der Waals surface area contributed by atoms with Gasteiger partial charge in [0.1, 0.15) is 5.69 Å². The Bertz CT molecular complexity index is 884. The number of halogens is 5. The number of amides is 1. The largest absolute Gasteiger partial charge is 0.455 e. The first-order valence-electron chi connectivity index (χ1n) is 7.82. The quantitative estimate of drug-likeness (QED) is 0.370.